The van der Waals surface area contributed by atoms with Gasteiger partial charge in [0.2, 0.25) is 5.60 Å². The average molecular weight is 1520 g/mol. The molecule has 0 amide bonds. The number of fused-ring (bicyclic) bond motifs is 12. The van der Waals surface area contributed by atoms with Crippen LogP contribution in [0.5, 0.6) is 0 Å². The van der Waals surface area contributed by atoms with Gasteiger partial charge in [-0.15, -0.1) is 12.8 Å². The molecule has 557 valence electrons. The summed E-state index contributed by atoms with van der Waals surface area (Å²) in [6, 6.07) is 78.3. The van der Waals surface area contributed by atoms with Crippen LogP contribution in [0.15, 0.2) is 247 Å². The third-order valence-electron chi connectivity index (χ3n) is 18.0. The van der Waals surface area contributed by atoms with Crippen molar-refractivity contribution in [2.24, 2.45) is 7.05 Å². The van der Waals surface area contributed by atoms with Crippen LogP contribution < -0.4 is 25.0 Å². The summed E-state index contributed by atoms with van der Waals surface area (Å²) < 4.78 is 10.1. The normalized spacial score (nSPS) is 12.8. The molecule has 1 fully saturated rings. The first kappa shape index (κ1) is 93.0. The number of para-hydroxylation sites is 10. The Morgan fingerprint density at radius 2 is 0.670 bits per heavy atom. The van der Waals surface area contributed by atoms with Crippen LogP contribution in [0, 0.1) is 27.7 Å². The van der Waals surface area contributed by atoms with E-state index in [1.54, 1.807) is 26.0 Å². The van der Waals surface area contributed by atoms with Gasteiger partial charge in [-0.25, -0.2) is 9.68 Å². The quantitative estimate of drug-likeness (QED) is 0.0431. The molecule has 6 heterocycles. The van der Waals surface area contributed by atoms with Crippen molar-refractivity contribution in [1.82, 2.24) is 4.57 Å². The Hall–Kier alpha value is -11.0. The molecule has 18 nitrogen and oxygen atoms in total. The van der Waals surface area contributed by atoms with Crippen molar-refractivity contribution >= 4 is 96.8 Å². The number of nitrogens with zero attached hydrogens (tertiary/aromatic N) is 5. The van der Waals surface area contributed by atoms with Gasteiger partial charge < -0.3 is 44.5 Å². The van der Waals surface area contributed by atoms with Crippen molar-refractivity contribution in [2.75, 3.05) is 47.8 Å². The van der Waals surface area contributed by atoms with Crippen LogP contribution in [0.3, 0.4) is 0 Å². The maximum absolute atomic E-state index is 12.3. The summed E-state index contributed by atoms with van der Waals surface area (Å²) in [4.78, 5) is 99.9. The number of terminal acetylenes is 1. The molecular formula is C86H93Fe2N5O13-. The number of rotatable bonds is 4. The molecule has 0 bridgehead atoms. The third kappa shape index (κ3) is 16.9. The van der Waals surface area contributed by atoms with Crippen molar-refractivity contribution in [3.63, 3.8) is 0 Å². The van der Waals surface area contributed by atoms with Crippen molar-refractivity contribution in [3.05, 3.63) is 312 Å². The zero-order chi connectivity index (χ0) is 70.6. The van der Waals surface area contributed by atoms with Crippen molar-refractivity contribution in [2.45, 2.75) is 73.5 Å². The number of aryl methyl sites for hydroxylation is 1. The van der Waals surface area contributed by atoms with Gasteiger partial charge in [-0.05, 0) is 116 Å². The molecular weight excluding hydrogens is 1420 g/mol. The van der Waals surface area contributed by atoms with Crippen LogP contribution in [-0.4, -0.2) is 73.0 Å². The zero-order valence-corrected chi connectivity index (χ0v) is 60.0. The second-order valence-electron chi connectivity index (χ2n) is 23.1. The van der Waals surface area contributed by atoms with Gasteiger partial charge in [-0.2, -0.15) is 14.5 Å². The van der Waals surface area contributed by atoms with Gasteiger partial charge in [0.25, 0.3) is 5.60 Å². The Bertz CT molecular complexity index is 4580. The van der Waals surface area contributed by atoms with E-state index in [1.807, 2.05) is 262 Å². The standard InChI is InChI=1S/C16H15NO3.2C16H15NO.C15H11NO3.C14H11NO.C2H2.CO2.4CH4.2CH3.2Fe.H2O.O/c1-11(18)16(20-19)12-7-3-5-9-14(12)17(2)15-10-6-4-8-13(15)16;2*1-11(18)16-12-7-3-5-9-14(12)17(2)15-10-6-4-8-13(15)16;1-16-12-8-4-2-6-10(12)15(14(17)18-19-15)11-7-3-5-9-13(11)16;1-15-12-8-4-2-6-10(12)14(16)11-7-3-5-9-13(11)15;1-2;2-1-3;;;;;;;;;;/h3-10,19H,1-2H3;2*3-10,16H,1-2H3;2-9H,1H3;2-9H,1H3;1-2H;;4*1H4;2*1H3;;;1H2;/q;;;;;;;;;;;2*-1;;+1;;. The first-order chi connectivity index (χ1) is 47.5. The first-order valence-electron chi connectivity index (χ1n) is 30.8. The fourth-order valence-electron chi connectivity index (χ4n) is 13.6. The summed E-state index contributed by atoms with van der Waals surface area (Å²) in [5, 5.41) is 11.1. The van der Waals surface area contributed by atoms with Gasteiger partial charge >= 0.3 is 31.9 Å². The van der Waals surface area contributed by atoms with E-state index in [0.29, 0.717) is 11.1 Å². The molecule has 10 aromatic carbocycles. The molecule has 16 rings (SSSR count). The van der Waals surface area contributed by atoms with Gasteiger partial charge in [0.1, 0.15) is 11.6 Å². The Kier molecular flexibility index (Phi) is 35.9. The Balaban J connectivity index is 0.000000637. The number of carbonyl (C=O) groups excluding carboxylic acids is 6. The number of carbonyl (C=O) groups is 4. The number of aromatic nitrogens is 1. The molecule has 0 atom stereocenters. The van der Waals surface area contributed by atoms with Crippen molar-refractivity contribution in [1.29, 1.82) is 0 Å². The number of ketones is 3. The van der Waals surface area contributed by atoms with Crippen LogP contribution in [0.1, 0.15) is 107 Å². The van der Waals surface area contributed by atoms with Gasteiger partial charge in [-0.1, -0.05) is 200 Å². The van der Waals surface area contributed by atoms with Crippen LogP contribution >= 0.6 is 0 Å². The number of hydrogen-bond donors (Lipinski definition) is 1. The molecule has 3 N–H and O–H groups in total. The van der Waals surface area contributed by atoms with Crippen LogP contribution in [0.4, 0.5) is 45.5 Å². The molecule has 11 aromatic rings. The molecule has 1 spiro atoms. The van der Waals surface area contributed by atoms with Crippen molar-refractivity contribution in [3.8, 4) is 12.8 Å². The summed E-state index contributed by atoms with van der Waals surface area (Å²) in [5.41, 5.74) is 15.0. The molecule has 5 aliphatic rings. The fraction of sp³-hybridized carbons (Fsp3) is 0.186. The van der Waals surface area contributed by atoms with E-state index in [1.165, 1.54) is 6.92 Å². The molecule has 0 radical (unpaired) electrons. The molecule has 20 heteroatoms. The van der Waals surface area contributed by atoms with E-state index in [0.717, 1.165) is 101 Å². The minimum atomic E-state index is -1.46. The van der Waals surface area contributed by atoms with E-state index in [4.69, 9.17) is 23.2 Å². The molecule has 0 aliphatic carbocycles. The van der Waals surface area contributed by atoms with Gasteiger partial charge in [0.05, 0.1) is 22.9 Å². The predicted molar refractivity (Wildman–Crippen MR) is 418 cm³/mol. The monoisotopic (exact) mass is 1520 g/mol. The molecule has 1 aromatic heterocycles. The fourth-order valence-corrected chi connectivity index (χ4v) is 13.6. The molecule has 1 saturated heterocycles. The third-order valence-corrected chi connectivity index (χ3v) is 18.0. The topological polar surface area (TPSA) is 234 Å². The van der Waals surface area contributed by atoms with Crippen LogP contribution in [0.25, 0.3) is 21.8 Å². The first-order valence-corrected chi connectivity index (χ1v) is 31.3. The second kappa shape index (κ2) is 40.9. The summed E-state index contributed by atoms with van der Waals surface area (Å²) in [6.07, 6.45) is 8.25. The minimum absolute atomic E-state index is 0. The summed E-state index contributed by atoms with van der Waals surface area (Å²) in [6.45, 7) is 4.77. The second-order valence-corrected chi connectivity index (χ2v) is 23.1. The number of Topliss-reactive ketones (excluding diaryl/α,β-unsaturated/α-hetero) is 3. The summed E-state index contributed by atoms with van der Waals surface area (Å²) in [7, 11) is 10.00. The summed E-state index contributed by atoms with van der Waals surface area (Å²) in [5.74, 6) is -0.485. The van der Waals surface area contributed by atoms with Gasteiger partial charge in [-0.3, -0.25) is 29.3 Å². The van der Waals surface area contributed by atoms with Gasteiger partial charge in [0.15, 0.2) is 11.2 Å². The maximum atomic E-state index is 12.3. The number of anilines is 8. The van der Waals surface area contributed by atoms with E-state index in [2.05, 4.69) is 61.3 Å². The van der Waals surface area contributed by atoms with E-state index < -0.39 is 11.2 Å². The van der Waals surface area contributed by atoms with Gasteiger partial charge in [0, 0.05) is 131 Å². The van der Waals surface area contributed by atoms with Crippen LogP contribution in [0.2, 0.25) is 0 Å². The van der Waals surface area contributed by atoms with Crippen LogP contribution in [-0.2, 0) is 98.5 Å². The van der Waals surface area contributed by atoms with E-state index in [9.17, 15) is 29.2 Å². The Labute approximate surface area is 641 Å². The van der Waals surface area contributed by atoms with E-state index in [-0.39, 0.29) is 114 Å². The molecule has 0 saturated carbocycles. The SMILES string of the molecule is C.C.C.C.C#C.CC(=O)C1(OO)c2ccccc2N(C)c2ccccc21.CC(=O)C1c2ccccc2N(C)c2ccccc21.CC(=O)C1c2ccccc2N(C)c2ccccc21.CN1c2ccccc2C2(OOC2=O)c2ccccc21.Cn1c2ccccc2c(=O)c2ccccc21.O.O=C=O.[CH3-].[CH3-].[Fe].[O]=[Fe+]. The number of hydrogen-bond acceptors (Lipinski definition) is 16. The Morgan fingerprint density at radius 1 is 0.434 bits per heavy atom. The molecule has 0 unspecified atom stereocenters. The van der Waals surface area contributed by atoms with E-state index >= 15 is 0 Å². The van der Waals surface area contributed by atoms with Crippen molar-refractivity contribution < 1.29 is 91.0 Å². The summed E-state index contributed by atoms with van der Waals surface area (Å²) >= 11 is 2.00. The molecule has 106 heavy (non-hydrogen) atoms. The Morgan fingerprint density at radius 3 is 0.925 bits per heavy atom. The molecule has 5 aliphatic heterocycles. The number of pyridine rings is 1. The number of benzene rings is 10. The zero-order valence-electron chi connectivity index (χ0n) is 57.8. The predicted octanol–water partition coefficient (Wildman–Crippen LogP) is 17.4. The average Bonchev–Trinajstić information content (AvgIpc) is 0.708.